The number of hydrogen-bond acceptors (Lipinski definition) is 4. The van der Waals surface area contributed by atoms with Crippen LogP contribution < -0.4 is 14.8 Å². The van der Waals surface area contributed by atoms with Crippen LogP contribution in [0.2, 0.25) is 10.3 Å². The fourth-order valence-corrected chi connectivity index (χ4v) is 2.46. The number of carbonyl (C=O) groups is 1. The summed E-state index contributed by atoms with van der Waals surface area (Å²) in [5.41, 5.74) is 1.19. The number of nitrogens with zero attached hydrogens (tertiary/aromatic N) is 1. The molecule has 1 N–H and O–H groups in total. The van der Waals surface area contributed by atoms with Gasteiger partial charge in [-0.15, -0.1) is 0 Å². The van der Waals surface area contributed by atoms with Crippen molar-refractivity contribution in [3.8, 4) is 11.5 Å². The van der Waals surface area contributed by atoms with Crippen LogP contribution in [0.15, 0.2) is 30.3 Å². The fraction of sp³-hybridized carbons (Fsp3) is 0.143. The Kier molecular flexibility index (Phi) is 3.86. The van der Waals surface area contributed by atoms with Crippen molar-refractivity contribution in [2.45, 2.75) is 6.54 Å². The minimum atomic E-state index is -0.294. The second-order valence-electron chi connectivity index (χ2n) is 4.33. The van der Waals surface area contributed by atoms with Gasteiger partial charge in [0.2, 0.25) is 6.79 Å². The maximum absolute atomic E-state index is 12.1. The molecule has 0 bridgehead atoms. The summed E-state index contributed by atoms with van der Waals surface area (Å²) in [4.78, 5) is 15.9. The van der Waals surface area contributed by atoms with E-state index in [1.54, 1.807) is 0 Å². The van der Waals surface area contributed by atoms with Gasteiger partial charge in [-0.3, -0.25) is 4.79 Å². The lowest BCUT2D eigenvalue weighted by molar-refractivity contribution is 0.0950. The minimum Gasteiger partial charge on any atom is -0.454 e. The first-order valence-corrected chi connectivity index (χ1v) is 6.88. The molecule has 0 spiro atoms. The van der Waals surface area contributed by atoms with E-state index in [2.05, 4.69) is 10.3 Å². The minimum absolute atomic E-state index is 0.171. The number of hydrogen-bond donors (Lipinski definition) is 1. The molecule has 1 amide bonds. The van der Waals surface area contributed by atoms with Crippen molar-refractivity contribution in [3.63, 3.8) is 0 Å². The van der Waals surface area contributed by atoms with Crippen LogP contribution in [0.4, 0.5) is 0 Å². The number of benzene rings is 1. The Balaban J connectivity index is 1.73. The number of pyridine rings is 1. The Hall–Kier alpha value is -1.98. The molecule has 1 aromatic carbocycles. The summed E-state index contributed by atoms with van der Waals surface area (Å²) in [6, 6.07) is 8.43. The van der Waals surface area contributed by atoms with Gasteiger partial charge < -0.3 is 14.8 Å². The Morgan fingerprint density at radius 1 is 1.24 bits per heavy atom. The lowest BCUT2D eigenvalue weighted by atomic mass is 10.1. The lowest BCUT2D eigenvalue weighted by Crippen LogP contribution is -2.23. The van der Waals surface area contributed by atoms with E-state index < -0.39 is 0 Å². The molecular weight excluding hydrogens is 315 g/mol. The third kappa shape index (κ3) is 3.04. The van der Waals surface area contributed by atoms with E-state index in [0.29, 0.717) is 23.6 Å². The van der Waals surface area contributed by atoms with Crippen LogP contribution in [0.1, 0.15) is 15.9 Å². The van der Waals surface area contributed by atoms with Gasteiger partial charge in [-0.2, -0.15) is 0 Å². The van der Waals surface area contributed by atoms with E-state index in [-0.39, 0.29) is 23.0 Å². The van der Waals surface area contributed by atoms with Gasteiger partial charge in [0, 0.05) is 17.7 Å². The van der Waals surface area contributed by atoms with Crippen LogP contribution >= 0.6 is 23.2 Å². The maximum atomic E-state index is 12.1. The highest BCUT2D eigenvalue weighted by molar-refractivity contribution is 6.33. The summed E-state index contributed by atoms with van der Waals surface area (Å²) in [5.74, 6) is 1.04. The number of aromatic nitrogens is 1. The first kappa shape index (κ1) is 14.0. The van der Waals surface area contributed by atoms with Gasteiger partial charge in [0.1, 0.15) is 10.3 Å². The molecule has 3 rings (SSSR count). The van der Waals surface area contributed by atoms with E-state index >= 15 is 0 Å². The van der Waals surface area contributed by atoms with Crippen molar-refractivity contribution in [3.05, 3.63) is 51.8 Å². The van der Waals surface area contributed by atoms with Crippen LogP contribution in [0.3, 0.4) is 0 Å². The van der Waals surface area contributed by atoms with E-state index in [4.69, 9.17) is 32.7 Å². The Bertz CT molecular complexity index is 686. The Morgan fingerprint density at radius 2 is 2.00 bits per heavy atom. The number of rotatable bonds is 3. The molecule has 2 aromatic rings. The van der Waals surface area contributed by atoms with Gasteiger partial charge in [-0.25, -0.2) is 4.98 Å². The topological polar surface area (TPSA) is 60.5 Å². The van der Waals surface area contributed by atoms with Gasteiger partial charge in [0.15, 0.2) is 11.5 Å². The predicted molar refractivity (Wildman–Crippen MR) is 78.0 cm³/mol. The zero-order valence-electron chi connectivity index (χ0n) is 10.7. The zero-order chi connectivity index (χ0) is 14.8. The lowest BCUT2D eigenvalue weighted by Gasteiger charge is -2.08. The highest BCUT2D eigenvalue weighted by atomic mass is 35.5. The molecule has 21 heavy (non-hydrogen) atoms. The van der Waals surface area contributed by atoms with Gasteiger partial charge in [-0.05, 0) is 18.2 Å². The average Bonchev–Trinajstić information content (AvgIpc) is 2.92. The van der Waals surface area contributed by atoms with Crippen molar-refractivity contribution >= 4 is 29.1 Å². The Morgan fingerprint density at radius 3 is 2.76 bits per heavy atom. The number of ether oxygens (including phenoxy) is 2. The van der Waals surface area contributed by atoms with E-state index in [0.717, 1.165) is 5.56 Å². The number of nitrogens with one attached hydrogen (secondary N) is 1. The molecule has 7 heteroatoms. The number of fused-ring (bicyclic) bond motifs is 1. The Labute approximate surface area is 130 Å². The summed E-state index contributed by atoms with van der Waals surface area (Å²) in [6.45, 7) is 0.499. The molecule has 0 saturated heterocycles. The second kappa shape index (κ2) is 5.79. The molecule has 0 fully saturated rings. The molecule has 0 atom stereocenters. The number of amides is 1. The summed E-state index contributed by atoms with van der Waals surface area (Å²) in [5, 5.41) is 3.12. The van der Waals surface area contributed by atoms with Crippen molar-refractivity contribution < 1.29 is 14.3 Å². The molecule has 108 valence electrons. The molecule has 0 radical (unpaired) electrons. The van der Waals surface area contributed by atoms with Crippen LogP contribution in [0, 0.1) is 0 Å². The number of para-hydroxylation sites is 1. The molecule has 1 aliphatic heterocycles. The first-order chi connectivity index (χ1) is 10.1. The van der Waals surface area contributed by atoms with E-state index in [9.17, 15) is 4.79 Å². The summed E-state index contributed by atoms with van der Waals surface area (Å²) < 4.78 is 10.7. The maximum Gasteiger partial charge on any atom is 0.251 e. The number of carbonyl (C=O) groups excluding carboxylic acids is 1. The van der Waals surface area contributed by atoms with Crippen LogP contribution in [-0.4, -0.2) is 17.7 Å². The summed E-state index contributed by atoms with van der Waals surface area (Å²) in [7, 11) is 0. The molecule has 0 unspecified atom stereocenters. The molecule has 0 saturated carbocycles. The van der Waals surface area contributed by atoms with Crippen molar-refractivity contribution in [2.24, 2.45) is 0 Å². The van der Waals surface area contributed by atoms with E-state index in [1.165, 1.54) is 12.1 Å². The SMILES string of the molecule is O=C(NCc1cccc2c1OCO2)c1cc(Cl)nc(Cl)c1. The normalized spacial score (nSPS) is 12.3. The quantitative estimate of drug-likeness (QED) is 0.881. The van der Waals surface area contributed by atoms with E-state index in [1.807, 2.05) is 18.2 Å². The first-order valence-electron chi connectivity index (χ1n) is 6.12. The molecule has 1 aliphatic rings. The van der Waals surface area contributed by atoms with Crippen LogP contribution in [-0.2, 0) is 6.54 Å². The molecule has 1 aromatic heterocycles. The third-order valence-electron chi connectivity index (χ3n) is 2.94. The molecule has 2 heterocycles. The average molecular weight is 325 g/mol. The largest absolute Gasteiger partial charge is 0.454 e. The molecule has 0 aliphatic carbocycles. The van der Waals surface area contributed by atoms with Gasteiger partial charge in [0.25, 0.3) is 5.91 Å². The highest BCUT2D eigenvalue weighted by Crippen LogP contribution is 2.35. The van der Waals surface area contributed by atoms with Gasteiger partial charge in [0.05, 0.1) is 0 Å². The summed E-state index contributed by atoms with van der Waals surface area (Å²) in [6.07, 6.45) is 0. The van der Waals surface area contributed by atoms with Crippen molar-refractivity contribution in [1.29, 1.82) is 0 Å². The molecular formula is C14H10Cl2N2O3. The zero-order valence-corrected chi connectivity index (χ0v) is 12.2. The second-order valence-corrected chi connectivity index (χ2v) is 5.11. The monoisotopic (exact) mass is 324 g/mol. The van der Waals surface area contributed by atoms with Crippen LogP contribution in [0.5, 0.6) is 11.5 Å². The smallest absolute Gasteiger partial charge is 0.251 e. The number of halogens is 2. The predicted octanol–water partition coefficient (Wildman–Crippen LogP) is 3.05. The summed E-state index contributed by atoms with van der Waals surface area (Å²) >= 11 is 11.6. The highest BCUT2D eigenvalue weighted by Gasteiger charge is 2.17. The van der Waals surface area contributed by atoms with Gasteiger partial charge in [-0.1, -0.05) is 35.3 Å². The van der Waals surface area contributed by atoms with Crippen molar-refractivity contribution in [2.75, 3.05) is 6.79 Å². The third-order valence-corrected chi connectivity index (χ3v) is 3.33. The standard InChI is InChI=1S/C14H10Cl2N2O3/c15-11-4-9(5-12(16)18-11)14(19)17-6-8-2-1-3-10-13(8)21-7-20-10/h1-5H,6-7H2,(H,17,19). The fourth-order valence-electron chi connectivity index (χ4n) is 2.00. The molecule has 5 nitrogen and oxygen atoms in total. The van der Waals surface area contributed by atoms with Gasteiger partial charge >= 0.3 is 0 Å². The van der Waals surface area contributed by atoms with Crippen molar-refractivity contribution in [1.82, 2.24) is 10.3 Å². The van der Waals surface area contributed by atoms with Crippen LogP contribution in [0.25, 0.3) is 0 Å².